The van der Waals surface area contributed by atoms with Crippen LogP contribution in [0.4, 0.5) is 5.69 Å². The molecule has 1 heterocycles. The van der Waals surface area contributed by atoms with Crippen LogP contribution in [0.1, 0.15) is 35.9 Å². The summed E-state index contributed by atoms with van der Waals surface area (Å²) < 4.78 is 5.18. The zero-order chi connectivity index (χ0) is 16.9. The highest BCUT2D eigenvalue weighted by Crippen LogP contribution is 2.20. The van der Waals surface area contributed by atoms with Gasteiger partial charge in [0.15, 0.2) is 0 Å². The maximum absolute atomic E-state index is 12.1. The molecule has 3 rings (SSSR count). The quantitative estimate of drug-likeness (QED) is 0.728. The number of anilines is 1. The van der Waals surface area contributed by atoms with E-state index in [-0.39, 0.29) is 11.8 Å². The molecule has 1 aromatic carbocycles. The fourth-order valence-electron chi connectivity index (χ4n) is 2.30. The van der Waals surface area contributed by atoms with E-state index in [9.17, 15) is 9.59 Å². The highest BCUT2D eigenvalue weighted by Gasteiger charge is 2.23. The third-order valence-corrected chi connectivity index (χ3v) is 3.83. The van der Waals surface area contributed by atoms with Crippen molar-refractivity contribution in [3.63, 3.8) is 0 Å². The number of carbonyl (C=O) groups is 2. The Morgan fingerprint density at radius 2 is 2.08 bits per heavy atom. The number of furan rings is 1. The number of nitrogens with one attached hydrogen (secondary N) is 3. The van der Waals surface area contributed by atoms with Crippen molar-refractivity contribution in [3.05, 3.63) is 54.0 Å². The Bertz CT molecular complexity index is 708. The van der Waals surface area contributed by atoms with Crippen molar-refractivity contribution in [2.24, 2.45) is 0 Å². The Morgan fingerprint density at radius 3 is 2.79 bits per heavy atom. The van der Waals surface area contributed by atoms with Crippen molar-refractivity contribution < 1.29 is 14.0 Å². The normalized spacial score (nSPS) is 14.7. The molecule has 1 aromatic heterocycles. The van der Waals surface area contributed by atoms with Gasteiger partial charge in [-0.25, -0.2) is 0 Å². The smallest absolute Gasteiger partial charge is 0.251 e. The van der Waals surface area contributed by atoms with Crippen molar-refractivity contribution in [2.45, 2.75) is 38.4 Å². The largest absolute Gasteiger partial charge is 0.467 e. The minimum atomic E-state index is -0.429. The molecule has 6 nitrogen and oxygen atoms in total. The Kier molecular flexibility index (Phi) is 4.84. The van der Waals surface area contributed by atoms with Crippen molar-refractivity contribution in [1.29, 1.82) is 0 Å². The number of carbonyl (C=O) groups excluding carboxylic acids is 2. The molecule has 3 N–H and O–H groups in total. The molecule has 126 valence electrons. The van der Waals surface area contributed by atoms with Gasteiger partial charge in [-0.3, -0.25) is 9.59 Å². The van der Waals surface area contributed by atoms with Gasteiger partial charge in [0.05, 0.1) is 12.8 Å². The first-order valence-electron chi connectivity index (χ1n) is 8.09. The first-order valence-corrected chi connectivity index (χ1v) is 8.09. The Balaban J connectivity index is 1.54. The van der Waals surface area contributed by atoms with E-state index < -0.39 is 6.04 Å². The van der Waals surface area contributed by atoms with Crippen LogP contribution >= 0.6 is 0 Å². The van der Waals surface area contributed by atoms with Gasteiger partial charge in [-0.2, -0.15) is 0 Å². The average Bonchev–Trinajstić information content (AvgIpc) is 3.24. The summed E-state index contributed by atoms with van der Waals surface area (Å²) in [7, 11) is 0. The summed E-state index contributed by atoms with van der Waals surface area (Å²) in [6.07, 6.45) is 3.68. The van der Waals surface area contributed by atoms with E-state index in [0.29, 0.717) is 23.9 Å². The maximum atomic E-state index is 12.1. The van der Waals surface area contributed by atoms with Gasteiger partial charge in [0, 0.05) is 17.3 Å². The Hall–Kier alpha value is -2.76. The summed E-state index contributed by atoms with van der Waals surface area (Å²) in [6.45, 7) is 2.12. The topological polar surface area (TPSA) is 83.4 Å². The SMILES string of the molecule is CC(Nc1cccc(C(=O)NC2CC2)c1)C(=O)NCc1ccco1. The predicted molar refractivity (Wildman–Crippen MR) is 90.6 cm³/mol. The molecular formula is C18H21N3O3. The lowest BCUT2D eigenvalue weighted by Gasteiger charge is -2.15. The summed E-state index contributed by atoms with van der Waals surface area (Å²) in [5.41, 5.74) is 1.33. The zero-order valence-corrected chi connectivity index (χ0v) is 13.5. The van der Waals surface area contributed by atoms with Gasteiger partial charge in [0.2, 0.25) is 5.91 Å². The monoisotopic (exact) mass is 327 g/mol. The Labute approximate surface area is 140 Å². The van der Waals surface area contributed by atoms with Crippen LogP contribution in [0.3, 0.4) is 0 Å². The van der Waals surface area contributed by atoms with Gasteiger partial charge in [-0.1, -0.05) is 6.07 Å². The molecular weight excluding hydrogens is 306 g/mol. The standard InChI is InChI=1S/C18H21N3O3/c1-12(17(22)19-11-16-6-3-9-24-16)20-15-5-2-4-13(10-15)18(23)21-14-7-8-14/h2-6,9-10,12,14,20H,7-8,11H2,1H3,(H,19,22)(H,21,23). The van der Waals surface area contributed by atoms with Crippen molar-refractivity contribution in [2.75, 3.05) is 5.32 Å². The number of hydrogen-bond acceptors (Lipinski definition) is 4. The summed E-state index contributed by atoms with van der Waals surface area (Å²) in [6, 6.07) is 10.6. The summed E-state index contributed by atoms with van der Waals surface area (Å²) in [5, 5.41) is 8.87. The summed E-state index contributed by atoms with van der Waals surface area (Å²) in [5.74, 6) is 0.490. The van der Waals surface area contributed by atoms with Crippen LogP contribution in [0.15, 0.2) is 47.1 Å². The van der Waals surface area contributed by atoms with E-state index in [1.54, 1.807) is 43.5 Å². The first-order chi connectivity index (χ1) is 11.6. The van der Waals surface area contributed by atoms with Gasteiger partial charge >= 0.3 is 0 Å². The van der Waals surface area contributed by atoms with Crippen LogP contribution in [0.2, 0.25) is 0 Å². The minimum absolute atomic E-state index is 0.0731. The maximum Gasteiger partial charge on any atom is 0.251 e. The molecule has 6 heteroatoms. The molecule has 0 aliphatic heterocycles. The molecule has 0 saturated heterocycles. The van der Waals surface area contributed by atoms with Crippen LogP contribution in [0.5, 0.6) is 0 Å². The number of amides is 2. The van der Waals surface area contributed by atoms with Gasteiger partial charge in [-0.15, -0.1) is 0 Å². The van der Waals surface area contributed by atoms with Gasteiger partial charge in [-0.05, 0) is 50.1 Å². The van der Waals surface area contributed by atoms with Crippen LogP contribution in [0, 0.1) is 0 Å². The highest BCUT2D eigenvalue weighted by molar-refractivity contribution is 5.95. The molecule has 0 bridgehead atoms. The zero-order valence-electron chi connectivity index (χ0n) is 13.5. The number of hydrogen-bond donors (Lipinski definition) is 3. The lowest BCUT2D eigenvalue weighted by Crippen LogP contribution is -2.37. The Morgan fingerprint density at radius 1 is 1.25 bits per heavy atom. The minimum Gasteiger partial charge on any atom is -0.467 e. The molecule has 0 spiro atoms. The number of benzene rings is 1. The van der Waals surface area contributed by atoms with Gasteiger partial charge in [0.25, 0.3) is 5.91 Å². The third-order valence-electron chi connectivity index (χ3n) is 3.83. The molecule has 0 radical (unpaired) electrons. The summed E-state index contributed by atoms with van der Waals surface area (Å²) >= 11 is 0. The van der Waals surface area contributed by atoms with Gasteiger partial charge < -0.3 is 20.4 Å². The van der Waals surface area contributed by atoms with E-state index in [1.165, 1.54) is 0 Å². The van der Waals surface area contributed by atoms with E-state index >= 15 is 0 Å². The fraction of sp³-hybridized carbons (Fsp3) is 0.333. The highest BCUT2D eigenvalue weighted by atomic mass is 16.3. The van der Waals surface area contributed by atoms with E-state index in [4.69, 9.17) is 4.42 Å². The second kappa shape index (κ2) is 7.21. The molecule has 2 aromatic rings. The first kappa shape index (κ1) is 16.1. The predicted octanol–water partition coefficient (Wildman–Crippen LogP) is 2.29. The summed E-state index contributed by atoms with van der Waals surface area (Å²) in [4.78, 5) is 24.2. The van der Waals surface area contributed by atoms with Crippen LogP contribution in [0.25, 0.3) is 0 Å². The van der Waals surface area contributed by atoms with E-state index in [2.05, 4.69) is 16.0 Å². The second-order valence-corrected chi connectivity index (χ2v) is 5.99. The van der Waals surface area contributed by atoms with Crippen LogP contribution in [-0.2, 0) is 11.3 Å². The molecule has 1 aliphatic rings. The molecule has 1 aliphatic carbocycles. The lowest BCUT2D eigenvalue weighted by atomic mass is 10.1. The average molecular weight is 327 g/mol. The lowest BCUT2D eigenvalue weighted by molar-refractivity contribution is -0.121. The molecule has 1 atom stereocenters. The molecule has 1 saturated carbocycles. The molecule has 1 unspecified atom stereocenters. The van der Waals surface area contributed by atoms with Gasteiger partial charge in [0.1, 0.15) is 11.8 Å². The third kappa shape index (κ3) is 4.38. The second-order valence-electron chi connectivity index (χ2n) is 5.99. The van der Waals surface area contributed by atoms with Crippen LogP contribution in [-0.4, -0.2) is 23.9 Å². The molecule has 24 heavy (non-hydrogen) atoms. The van der Waals surface area contributed by atoms with Crippen molar-refractivity contribution >= 4 is 17.5 Å². The molecule has 2 amide bonds. The van der Waals surface area contributed by atoms with Crippen LogP contribution < -0.4 is 16.0 Å². The fourth-order valence-corrected chi connectivity index (χ4v) is 2.30. The number of rotatable bonds is 7. The molecule has 1 fully saturated rings. The van der Waals surface area contributed by atoms with Crippen molar-refractivity contribution in [3.8, 4) is 0 Å². The van der Waals surface area contributed by atoms with Crippen molar-refractivity contribution in [1.82, 2.24) is 10.6 Å². The van der Waals surface area contributed by atoms with E-state index in [1.807, 2.05) is 6.07 Å². The van der Waals surface area contributed by atoms with E-state index in [0.717, 1.165) is 18.5 Å².